The molecule has 1 aliphatic heterocycles. The van der Waals surface area contributed by atoms with Crippen LogP contribution in [0, 0.1) is 5.92 Å². The Hall–Kier alpha value is -1.22. The van der Waals surface area contributed by atoms with E-state index in [1.165, 1.54) is 0 Å². The fourth-order valence-corrected chi connectivity index (χ4v) is 1.85. The van der Waals surface area contributed by atoms with Crippen LogP contribution < -0.4 is 9.47 Å². The van der Waals surface area contributed by atoms with Gasteiger partial charge in [-0.2, -0.15) is 0 Å². The first-order chi connectivity index (χ1) is 7.66. The van der Waals surface area contributed by atoms with Gasteiger partial charge in [0.25, 0.3) is 0 Å². The van der Waals surface area contributed by atoms with E-state index in [0.717, 1.165) is 23.5 Å². The summed E-state index contributed by atoms with van der Waals surface area (Å²) in [4.78, 5) is 0. The first kappa shape index (κ1) is 11.3. The lowest BCUT2D eigenvalue weighted by Gasteiger charge is -2.20. The molecule has 0 saturated heterocycles. The van der Waals surface area contributed by atoms with Crippen molar-refractivity contribution in [2.24, 2.45) is 5.92 Å². The summed E-state index contributed by atoms with van der Waals surface area (Å²) in [5.74, 6) is 1.99. The number of ether oxygens (including phenoxy) is 2. The molecule has 88 valence electrons. The van der Waals surface area contributed by atoms with Crippen LogP contribution in [0.25, 0.3) is 0 Å². The van der Waals surface area contributed by atoms with Gasteiger partial charge in [0.15, 0.2) is 11.5 Å². The number of aliphatic hydroxyl groups excluding tert-OH is 1. The predicted octanol–water partition coefficient (Wildman–Crippen LogP) is 2.54. The summed E-state index contributed by atoms with van der Waals surface area (Å²) in [5, 5.41) is 10.00. The van der Waals surface area contributed by atoms with E-state index in [1.807, 2.05) is 18.2 Å². The summed E-state index contributed by atoms with van der Waals surface area (Å²) in [7, 11) is 0. The molecule has 3 nitrogen and oxygen atoms in total. The molecule has 1 aromatic rings. The minimum Gasteiger partial charge on any atom is -0.486 e. The third kappa shape index (κ3) is 2.47. The van der Waals surface area contributed by atoms with Crippen LogP contribution in [-0.2, 0) is 0 Å². The van der Waals surface area contributed by atoms with Crippen molar-refractivity contribution in [1.29, 1.82) is 0 Å². The zero-order valence-corrected chi connectivity index (χ0v) is 9.77. The molecule has 1 atom stereocenters. The van der Waals surface area contributed by atoms with E-state index < -0.39 is 6.10 Å². The Morgan fingerprint density at radius 3 is 2.56 bits per heavy atom. The first-order valence-electron chi connectivity index (χ1n) is 5.74. The Kier molecular flexibility index (Phi) is 3.34. The Morgan fingerprint density at radius 1 is 1.19 bits per heavy atom. The second kappa shape index (κ2) is 4.74. The molecule has 1 aliphatic rings. The van der Waals surface area contributed by atoms with Crippen molar-refractivity contribution in [3.63, 3.8) is 0 Å². The van der Waals surface area contributed by atoms with Gasteiger partial charge in [0, 0.05) is 0 Å². The molecule has 0 amide bonds. The third-order valence-electron chi connectivity index (χ3n) is 2.65. The monoisotopic (exact) mass is 222 g/mol. The summed E-state index contributed by atoms with van der Waals surface area (Å²) in [6.07, 6.45) is 0.343. The maximum Gasteiger partial charge on any atom is 0.161 e. The topological polar surface area (TPSA) is 38.7 Å². The number of hydrogen-bond acceptors (Lipinski definition) is 3. The molecule has 1 N–H and O–H groups in total. The van der Waals surface area contributed by atoms with Crippen LogP contribution in [-0.4, -0.2) is 18.3 Å². The fraction of sp³-hybridized carbons (Fsp3) is 0.538. The SMILES string of the molecule is CC(C)CC(O)c1ccc2c(c1)OCCO2. The van der Waals surface area contributed by atoms with E-state index in [0.29, 0.717) is 19.1 Å². The number of benzene rings is 1. The van der Waals surface area contributed by atoms with Crippen LogP contribution in [0.3, 0.4) is 0 Å². The van der Waals surface area contributed by atoms with Gasteiger partial charge < -0.3 is 14.6 Å². The van der Waals surface area contributed by atoms with Crippen LogP contribution >= 0.6 is 0 Å². The largest absolute Gasteiger partial charge is 0.486 e. The molecule has 1 unspecified atom stereocenters. The maximum atomic E-state index is 10.00. The lowest BCUT2D eigenvalue weighted by Crippen LogP contribution is -2.15. The molecule has 0 bridgehead atoms. The van der Waals surface area contributed by atoms with Crippen molar-refractivity contribution < 1.29 is 14.6 Å². The fourth-order valence-electron chi connectivity index (χ4n) is 1.85. The zero-order valence-electron chi connectivity index (χ0n) is 9.77. The van der Waals surface area contributed by atoms with Crippen LogP contribution in [0.15, 0.2) is 18.2 Å². The van der Waals surface area contributed by atoms with E-state index >= 15 is 0 Å². The maximum absolute atomic E-state index is 10.00. The Balaban J connectivity index is 2.16. The molecule has 1 heterocycles. The second-order valence-corrected chi connectivity index (χ2v) is 4.55. The average Bonchev–Trinajstić information content (AvgIpc) is 2.27. The minimum absolute atomic E-state index is 0.421. The third-order valence-corrected chi connectivity index (χ3v) is 2.65. The van der Waals surface area contributed by atoms with Gasteiger partial charge in [-0.05, 0) is 30.0 Å². The molecule has 0 aromatic heterocycles. The summed E-state index contributed by atoms with van der Waals surface area (Å²) >= 11 is 0. The summed E-state index contributed by atoms with van der Waals surface area (Å²) in [5.41, 5.74) is 0.901. The first-order valence-corrected chi connectivity index (χ1v) is 5.74. The Morgan fingerprint density at radius 2 is 1.88 bits per heavy atom. The predicted molar refractivity (Wildman–Crippen MR) is 61.8 cm³/mol. The quantitative estimate of drug-likeness (QED) is 0.854. The van der Waals surface area contributed by atoms with Gasteiger partial charge in [-0.15, -0.1) is 0 Å². The molecule has 0 aliphatic carbocycles. The highest BCUT2D eigenvalue weighted by Crippen LogP contribution is 2.33. The number of hydrogen-bond donors (Lipinski definition) is 1. The minimum atomic E-state index is -0.421. The van der Waals surface area contributed by atoms with Crippen molar-refractivity contribution in [2.45, 2.75) is 26.4 Å². The van der Waals surface area contributed by atoms with Crippen LogP contribution in [0.1, 0.15) is 31.9 Å². The van der Waals surface area contributed by atoms with Crippen molar-refractivity contribution in [3.8, 4) is 11.5 Å². The highest BCUT2D eigenvalue weighted by atomic mass is 16.6. The average molecular weight is 222 g/mol. The summed E-state index contributed by atoms with van der Waals surface area (Å²) < 4.78 is 10.9. The van der Waals surface area contributed by atoms with E-state index in [-0.39, 0.29) is 0 Å². The van der Waals surface area contributed by atoms with Crippen LogP contribution in [0.5, 0.6) is 11.5 Å². The number of aliphatic hydroxyl groups is 1. The molecule has 3 heteroatoms. The number of fused-ring (bicyclic) bond motifs is 1. The molecule has 1 aromatic carbocycles. The van der Waals surface area contributed by atoms with Gasteiger partial charge in [-0.25, -0.2) is 0 Å². The highest BCUT2D eigenvalue weighted by Gasteiger charge is 2.15. The molecule has 2 rings (SSSR count). The van der Waals surface area contributed by atoms with Gasteiger partial charge in [-0.3, -0.25) is 0 Å². The Bertz CT molecular complexity index is 360. The van der Waals surface area contributed by atoms with Gasteiger partial charge >= 0.3 is 0 Å². The highest BCUT2D eigenvalue weighted by molar-refractivity contribution is 5.44. The molecular formula is C13H18O3. The normalized spacial score (nSPS) is 16.2. The molecule has 16 heavy (non-hydrogen) atoms. The van der Waals surface area contributed by atoms with E-state index in [9.17, 15) is 5.11 Å². The summed E-state index contributed by atoms with van der Waals surface area (Å²) in [6.45, 7) is 5.38. The number of rotatable bonds is 3. The molecular weight excluding hydrogens is 204 g/mol. The van der Waals surface area contributed by atoms with E-state index in [1.54, 1.807) is 0 Å². The van der Waals surface area contributed by atoms with Crippen molar-refractivity contribution >= 4 is 0 Å². The summed E-state index contributed by atoms with van der Waals surface area (Å²) in [6, 6.07) is 5.65. The van der Waals surface area contributed by atoms with Crippen LogP contribution in [0.2, 0.25) is 0 Å². The van der Waals surface area contributed by atoms with E-state index in [2.05, 4.69) is 13.8 Å². The zero-order chi connectivity index (χ0) is 11.5. The van der Waals surface area contributed by atoms with Gasteiger partial charge in [0.05, 0.1) is 6.10 Å². The molecule has 0 fully saturated rings. The smallest absolute Gasteiger partial charge is 0.161 e. The standard InChI is InChI=1S/C13H18O3/c1-9(2)7-11(14)10-3-4-12-13(8-10)16-6-5-15-12/h3-4,8-9,11,14H,5-7H2,1-2H3. The van der Waals surface area contributed by atoms with Crippen LogP contribution in [0.4, 0.5) is 0 Å². The molecule has 0 radical (unpaired) electrons. The molecule has 0 spiro atoms. The van der Waals surface area contributed by atoms with Crippen molar-refractivity contribution in [3.05, 3.63) is 23.8 Å². The van der Waals surface area contributed by atoms with Crippen molar-refractivity contribution in [1.82, 2.24) is 0 Å². The molecule has 0 saturated carbocycles. The van der Waals surface area contributed by atoms with Gasteiger partial charge in [-0.1, -0.05) is 19.9 Å². The lowest BCUT2D eigenvalue weighted by atomic mass is 9.99. The van der Waals surface area contributed by atoms with Gasteiger partial charge in [0.1, 0.15) is 13.2 Å². The van der Waals surface area contributed by atoms with Crippen molar-refractivity contribution in [2.75, 3.05) is 13.2 Å². The van der Waals surface area contributed by atoms with Gasteiger partial charge in [0.2, 0.25) is 0 Å². The second-order valence-electron chi connectivity index (χ2n) is 4.55. The Labute approximate surface area is 96.0 Å². The van der Waals surface area contributed by atoms with E-state index in [4.69, 9.17) is 9.47 Å². The lowest BCUT2D eigenvalue weighted by molar-refractivity contribution is 0.147.